The van der Waals surface area contributed by atoms with Crippen molar-refractivity contribution in [1.82, 2.24) is 4.98 Å². The van der Waals surface area contributed by atoms with Crippen LogP contribution in [-0.2, 0) is 6.42 Å². The Kier molecular flexibility index (Phi) is 4.42. The predicted octanol–water partition coefficient (Wildman–Crippen LogP) is 3.40. The van der Waals surface area contributed by atoms with E-state index in [4.69, 9.17) is 16.3 Å². The summed E-state index contributed by atoms with van der Waals surface area (Å²) >= 11 is 5.82. The molecule has 0 unspecified atom stereocenters. The lowest BCUT2D eigenvalue weighted by Crippen LogP contribution is -2.07. The minimum Gasteiger partial charge on any atom is -0.496 e. The zero-order chi connectivity index (χ0) is 12.8. The van der Waals surface area contributed by atoms with E-state index in [0.29, 0.717) is 5.15 Å². The van der Waals surface area contributed by atoms with Crippen molar-refractivity contribution in [2.75, 3.05) is 19.0 Å². The first kappa shape index (κ1) is 12.7. The van der Waals surface area contributed by atoms with Gasteiger partial charge in [-0.2, -0.15) is 0 Å². The van der Waals surface area contributed by atoms with E-state index in [0.717, 1.165) is 24.5 Å². The van der Waals surface area contributed by atoms with E-state index in [1.807, 2.05) is 30.3 Å². The van der Waals surface area contributed by atoms with E-state index in [1.165, 1.54) is 5.56 Å². The van der Waals surface area contributed by atoms with Crippen LogP contribution in [0.15, 0.2) is 42.5 Å². The Bertz CT molecular complexity index is 517. The average molecular weight is 263 g/mol. The van der Waals surface area contributed by atoms with Crippen LogP contribution in [-0.4, -0.2) is 18.6 Å². The molecule has 2 rings (SSSR count). The SMILES string of the molecule is COc1ccccc1CCNc1cccc(Cl)n1. The quantitative estimate of drug-likeness (QED) is 0.839. The Morgan fingerprint density at radius 1 is 1.17 bits per heavy atom. The first-order chi connectivity index (χ1) is 8.79. The van der Waals surface area contributed by atoms with Crippen molar-refractivity contribution in [2.24, 2.45) is 0 Å². The number of hydrogen-bond donors (Lipinski definition) is 1. The summed E-state index contributed by atoms with van der Waals surface area (Å²) < 4.78 is 5.30. The second-order valence-electron chi connectivity index (χ2n) is 3.83. The number of benzene rings is 1. The summed E-state index contributed by atoms with van der Waals surface area (Å²) in [6, 6.07) is 13.5. The lowest BCUT2D eigenvalue weighted by Gasteiger charge is -2.09. The fourth-order valence-corrected chi connectivity index (χ4v) is 1.91. The predicted molar refractivity (Wildman–Crippen MR) is 74.4 cm³/mol. The third-order valence-electron chi connectivity index (χ3n) is 2.61. The minimum atomic E-state index is 0.497. The Morgan fingerprint density at radius 2 is 2.00 bits per heavy atom. The molecule has 0 aliphatic rings. The molecular weight excluding hydrogens is 248 g/mol. The van der Waals surface area contributed by atoms with Gasteiger partial charge >= 0.3 is 0 Å². The largest absolute Gasteiger partial charge is 0.496 e. The van der Waals surface area contributed by atoms with Crippen LogP contribution >= 0.6 is 11.6 Å². The van der Waals surface area contributed by atoms with E-state index in [9.17, 15) is 0 Å². The first-order valence-electron chi connectivity index (χ1n) is 5.78. The van der Waals surface area contributed by atoms with Gasteiger partial charge in [-0.05, 0) is 30.2 Å². The number of anilines is 1. The number of aromatic nitrogens is 1. The molecule has 1 heterocycles. The van der Waals surface area contributed by atoms with Crippen molar-refractivity contribution in [3.63, 3.8) is 0 Å². The molecule has 1 aromatic heterocycles. The molecule has 0 aliphatic carbocycles. The van der Waals surface area contributed by atoms with Crippen LogP contribution < -0.4 is 10.1 Å². The molecule has 2 aromatic rings. The van der Waals surface area contributed by atoms with Gasteiger partial charge in [-0.3, -0.25) is 0 Å². The molecule has 0 amide bonds. The topological polar surface area (TPSA) is 34.1 Å². The first-order valence-corrected chi connectivity index (χ1v) is 6.16. The lowest BCUT2D eigenvalue weighted by molar-refractivity contribution is 0.410. The molecule has 0 saturated heterocycles. The van der Waals surface area contributed by atoms with Crippen molar-refractivity contribution in [2.45, 2.75) is 6.42 Å². The highest BCUT2D eigenvalue weighted by Gasteiger charge is 2.01. The molecule has 4 heteroatoms. The van der Waals surface area contributed by atoms with Crippen molar-refractivity contribution in [3.05, 3.63) is 53.2 Å². The molecule has 0 radical (unpaired) electrons. The van der Waals surface area contributed by atoms with Gasteiger partial charge in [0, 0.05) is 6.54 Å². The molecule has 0 bridgehead atoms. The number of hydrogen-bond acceptors (Lipinski definition) is 3. The fourth-order valence-electron chi connectivity index (χ4n) is 1.74. The summed E-state index contributed by atoms with van der Waals surface area (Å²) in [5.41, 5.74) is 1.18. The number of nitrogens with one attached hydrogen (secondary N) is 1. The van der Waals surface area contributed by atoms with Gasteiger partial charge in [0.2, 0.25) is 0 Å². The van der Waals surface area contributed by atoms with Crippen LogP contribution in [0.1, 0.15) is 5.56 Å². The van der Waals surface area contributed by atoms with E-state index in [2.05, 4.69) is 16.4 Å². The third kappa shape index (κ3) is 3.37. The number of para-hydroxylation sites is 1. The van der Waals surface area contributed by atoms with Crippen LogP contribution in [0, 0.1) is 0 Å². The van der Waals surface area contributed by atoms with Crippen LogP contribution in [0.3, 0.4) is 0 Å². The Morgan fingerprint density at radius 3 is 2.78 bits per heavy atom. The van der Waals surface area contributed by atoms with E-state index in [1.54, 1.807) is 13.2 Å². The lowest BCUT2D eigenvalue weighted by atomic mass is 10.1. The van der Waals surface area contributed by atoms with Crippen LogP contribution in [0.4, 0.5) is 5.82 Å². The smallest absolute Gasteiger partial charge is 0.131 e. The molecule has 0 spiro atoms. The van der Waals surface area contributed by atoms with Crippen LogP contribution in [0.5, 0.6) is 5.75 Å². The summed E-state index contributed by atoms with van der Waals surface area (Å²) in [4.78, 5) is 4.17. The molecule has 0 aliphatic heterocycles. The number of nitrogens with zero attached hydrogens (tertiary/aromatic N) is 1. The molecule has 94 valence electrons. The second kappa shape index (κ2) is 6.26. The molecule has 1 aromatic carbocycles. The van der Waals surface area contributed by atoms with Gasteiger partial charge in [0.05, 0.1) is 7.11 Å². The maximum absolute atomic E-state index is 5.82. The summed E-state index contributed by atoms with van der Waals surface area (Å²) in [7, 11) is 1.69. The number of pyridine rings is 1. The molecule has 0 fully saturated rings. The summed E-state index contributed by atoms with van der Waals surface area (Å²) in [6.45, 7) is 0.785. The van der Waals surface area contributed by atoms with Gasteiger partial charge in [-0.15, -0.1) is 0 Å². The highest BCUT2D eigenvalue weighted by Crippen LogP contribution is 2.18. The number of halogens is 1. The van der Waals surface area contributed by atoms with Crippen molar-refractivity contribution < 1.29 is 4.74 Å². The van der Waals surface area contributed by atoms with Gasteiger partial charge in [0.1, 0.15) is 16.7 Å². The molecule has 0 saturated carbocycles. The Balaban J connectivity index is 1.92. The van der Waals surface area contributed by atoms with Crippen LogP contribution in [0.25, 0.3) is 0 Å². The molecule has 18 heavy (non-hydrogen) atoms. The van der Waals surface area contributed by atoms with Gasteiger partial charge in [-0.25, -0.2) is 4.98 Å². The minimum absolute atomic E-state index is 0.497. The monoisotopic (exact) mass is 262 g/mol. The van der Waals surface area contributed by atoms with Crippen molar-refractivity contribution >= 4 is 17.4 Å². The van der Waals surface area contributed by atoms with Gasteiger partial charge in [0.15, 0.2) is 0 Å². The molecular formula is C14H15ClN2O. The summed E-state index contributed by atoms with van der Waals surface area (Å²) in [5, 5.41) is 3.73. The number of methoxy groups -OCH3 is 1. The summed E-state index contributed by atoms with van der Waals surface area (Å²) in [6.07, 6.45) is 0.873. The standard InChI is InChI=1S/C14H15ClN2O/c1-18-12-6-3-2-5-11(12)9-10-16-14-8-4-7-13(15)17-14/h2-8H,9-10H2,1H3,(H,16,17). The summed E-state index contributed by atoms with van der Waals surface area (Å²) in [5.74, 6) is 1.70. The number of ether oxygens (including phenoxy) is 1. The average Bonchev–Trinajstić information content (AvgIpc) is 2.39. The van der Waals surface area contributed by atoms with Gasteiger partial charge < -0.3 is 10.1 Å². The van der Waals surface area contributed by atoms with Gasteiger partial charge in [0.25, 0.3) is 0 Å². The van der Waals surface area contributed by atoms with E-state index < -0.39 is 0 Å². The highest BCUT2D eigenvalue weighted by atomic mass is 35.5. The van der Waals surface area contributed by atoms with Crippen molar-refractivity contribution in [1.29, 1.82) is 0 Å². The van der Waals surface area contributed by atoms with Crippen molar-refractivity contribution in [3.8, 4) is 5.75 Å². The molecule has 1 N–H and O–H groups in total. The van der Waals surface area contributed by atoms with E-state index in [-0.39, 0.29) is 0 Å². The Labute approximate surface area is 112 Å². The van der Waals surface area contributed by atoms with Gasteiger partial charge in [-0.1, -0.05) is 35.9 Å². The fraction of sp³-hybridized carbons (Fsp3) is 0.214. The normalized spacial score (nSPS) is 10.1. The second-order valence-corrected chi connectivity index (χ2v) is 4.22. The maximum atomic E-state index is 5.82. The highest BCUT2D eigenvalue weighted by molar-refractivity contribution is 6.29. The van der Waals surface area contributed by atoms with Crippen LogP contribution in [0.2, 0.25) is 5.15 Å². The van der Waals surface area contributed by atoms with E-state index >= 15 is 0 Å². The molecule has 0 atom stereocenters. The zero-order valence-electron chi connectivity index (χ0n) is 10.2. The maximum Gasteiger partial charge on any atom is 0.131 e. The Hall–Kier alpha value is -1.74. The number of rotatable bonds is 5. The third-order valence-corrected chi connectivity index (χ3v) is 2.82. The molecule has 3 nitrogen and oxygen atoms in total. The zero-order valence-corrected chi connectivity index (χ0v) is 10.9.